The first-order valence-corrected chi connectivity index (χ1v) is 8.05. The Morgan fingerprint density at radius 2 is 1.60 bits per heavy atom. The van der Waals surface area contributed by atoms with E-state index in [0.717, 1.165) is 25.7 Å². The van der Waals surface area contributed by atoms with E-state index >= 15 is 0 Å². The summed E-state index contributed by atoms with van der Waals surface area (Å²) in [6.45, 7) is 0.666. The molecule has 1 aliphatic heterocycles. The Balaban J connectivity index is 1.60. The number of ketones is 1. The Kier molecular flexibility index (Phi) is 3.87. The van der Waals surface area contributed by atoms with E-state index in [1.165, 1.54) is 12.8 Å². The number of hydrogen-bond donors (Lipinski definition) is 0. The fraction of sp³-hybridized carbons (Fsp3) is 0.938. The van der Waals surface area contributed by atoms with Gasteiger partial charge in [-0.1, -0.05) is 12.8 Å². The largest absolute Gasteiger partial charge is 0.375 e. The van der Waals surface area contributed by atoms with E-state index < -0.39 is 5.92 Å². The third-order valence-electron chi connectivity index (χ3n) is 5.53. The number of rotatable bonds is 2. The van der Waals surface area contributed by atoms with Gasteiger partial charge in [-0.15, -0.1) is 0 Å². The molecule has 0 aromatic carbocycles. The smallest absolute Gasteiger partial charge is 0.248 e. The highest BCUT2D eigenvalue weighted by atomic mass is 19.3. The summed E-state index contributed by atoms with van der Waals surface area (Å²) in [6, 6.07) is 0. The SMILES string of the molecule is O=C(C1CCC(F)(F)CC1)C1CCOC2(CCCC2)C1. The Bertz CT molecular complexity index is 365. The molecule has 0 N–H and O–H groups in total. The highest BCUT2D eigenvalue weighted by Crippen LogP contribution is 2.44. The van der Waals surface area contributed by atoms with Crippen molar-refractivity contribution >= 4 is 5.78 Å². The van der Waals surface area contributed by atoms with Crippen LogP contribution < -0.4 is 0 Å². The number of carbonyl (C=O) groups is 1. The minimum atomic E-state index is -2.54. The second-order valence-electron chi connectivity index (χ2n) is 6.96. The van der Waals surface area contributed by atoms with E-state index in [9.17, 15) is 13.6 Å². The molecule has 0 radical (unpaired) electrons. The summed E-state index contributed by atoms with van der Waals surface area (Å²) in [4.78, 5) is 12.6. The maximum absolute atomic E-state index is 13.2. The van der Waals surface area contributed by atoms with Gasteiger partial charge in [0.25, 0.3) is 0 Å². The molecule has 2 nitrogen and oxygen atoms in total. The van der Waals surface area contributed by atoms with Gasteiger partial charge in [0.05, 0.1) is 5.60 Å². The Morgan fingerprint density at radius 1 is 0.950 bits per heavy atom. The standard InChI is InChI=1S/C16H24F2O2/c17-16(18)8-3-12(4-9-16)14(19)13-5-10-20-15(11-13)6-1-2-7-15/h12-13H,1-11H2. The fourth-order valence-electron chi connectivity index (χ4n) is 4.30. The minimum Gasteiger partial charge on any atom is -0.375 e. The molecule has 1 spiro atoms. The van der Waals surface area contributed by atoms with Gasteiger partial charge in [-0.3, -0.25) is 4.79 Å². The van der Waals surface area contributed by atoms with Crippen LogP contribution in [0.2, 0.25) is 0 Å². The lowest BCUT2D eigenvalue weighted by Gasteiger charge is -2.39. The van der Waals surface area contributed by atoms with Gasteiger partial charge in [0.15, 0.2) is 0 Å². The van der Waals surface area contributed by atoms with Gasteiger partial charge in [0, 0.05) is 31.3 Å². The maximum Gasteiger partial charge on any atom is 0.248 e. The zero-order chi connectivity index (χ0) is 14.2. The molecule has 0 bridgehead atoms. The molecule has 2 saturated carbocycles. The normalized spacial score (nSPS) is 33.4. The summed E-state index contributed by atoms with van der Waals surface area (Å²) in [5.41, 5.74) is -0.0584. The van der Waals surface area contributed by atoms with E-state index in [1.807, 2.05) is 0 Å². The summed E-state index contributed by atoms with van der Waals surface area (Å²) in [6.07, 6.45) is 6.65. The van der Waals surface area contributed by atoms with E-state index in [1.54, 1.807) is 0 Å². The van der Waals surface area contributed by atoms with Crippen molar-refractivity contribution in [1.29, 1.82) is 0 Å². The van der Waals surface area contributed by atoms with Gasteiger partial charge in [0.1, 0.15) is 5.78 Å². The molecular formula is C16H24F2O2. The first-order valence-electron chi connectivity index (χ1n) is 8.05. The molecule has 1 heterocycles. The first-order chi connectivity index (χ1) is 9.50. The molecule has 0 aromatic heterocycles. The van der Waals surface area contributed by atoms with E-state index in [-0.39, 0.29) is 36.1 Å². The van der Waals surface area contributed by atoms with Crippen LogP contribution in [-0.2, 0) is 9.53 Å². The lowest BCUT2D eigenvalue weighted by molar-refractivity contribution is -0.143. The predicted octanol–water partition coefficient (Wildman–Crippen LogP) is 4.12. The number of alkyl halides is 2. The van der Waals surface area contributed by atoms with E-state index in [0.29, 0.717) is 19.4 Å². The van der Waals surface area contributed by atoms with Crippen LogP contribution in [0.4, 0.5) is 8.78 Å². The van der Waals surface area contributed by atoms with E-state index in [2.05, 4.69) is 0 Å². The molecule has 1 saturated heterocycles. The molecular weight excluding hydrogens is 262 g/mol. The topological polar surface area (TPSA) is 26.3 Å². The van der Waals surface area contributed by atoms with Crippen LogP contribution in [0.25, 0.3) is 0 Å². The molecule has 4 heteroatoms. The molecule has 114 valence electrons. The van der Waals surface area contributed by atoms with Crippen LogP contribution in [0, 0.1) is 11.8 Å². The second kappa shape index (κ2) is 5.36. The Morgan fingerprint density at radius 3 is 2.25 bits per heavy atom. The average Bonchev–Trinajstić information content (AvgIpc) is 2.86. The molecule has 1 unspecified atom stereocenters. The summed E-state index contributed by atoms with van der Waals surface area (Å²) in [5.74, 6) is -2.37. The van der Waals surface area contributed by atoms with Gasteiger partial charge in [-0.25, -0.2) is 8.78 Å². The average molecular weight is 286 g/mol. The lowest BCUT2D eigenvalue weighted by Crippen LogP contribution is -2.42. The fourth-order valence-corrected chi connectivity index (χ4v) is 4.30. The van der Waals surface area contributed by atoms with Crippen molar-refractivity contribution in [2.45, 2.75) is 75.7 Å². The highest BCUT2D eigenvalue weighted by molar-refractivity contribution is 5.83. The zero-order valence-electron chi connectivity index (χ0n) is 12.0. The lowest BCUT2D eigenvalue weighted by atomic mass is 9.74. The molecule has 2 aliphatic carbocycles. The van der Waals surface area contributed by atoms with Crippen molar-refractivity contribution < 1.29 is 18.3 Å². The van der Waals surface area contributed by atoms with Gasteiger partial charge in [-0.05, 0) is 38.5 Å². The van der Waals surface area contributed by atoms with Crippen molar-refractivity contribution in [2.24, 2.45) is 11.8 Å². The third kappa shape index (κ3) is 2.90. The van der Waals surface area contributed by atoms with Crippen LogP contribution in [0.3, 0.4) is 0 Å². The minimum absolute atomic E-state index is 0.0542. The molecule has 0 aromatic rings. The van der Waals surface area contributed by atoms with Crippen LogP contribution in [0.15, 0.2) is 0 Å². The van der Waals surface area contributed by atoms with Crippen molar-refractivity contribution in [3.05, 3.63) is 0 Å². The highest BCUT2D eigenvalue weighted by Gasteiger charge is 2.44. The second-order valence-corrected chi connectivity index (χ2v) is 6.96. The number of hydrogen-bond acceptors (Lipinski definition) is 2. The number of halogens is 2. The first kappa shape index (κ1) is 14.4. The van der Waals surface area contributed by atoms with Crippen LogP contribution in [-0.4, -0.2) is 23.9 Å². The molecule has 20 heavy (non-hydrogen) atoms. The van der Waals surface area contributed by atoms with Gasteiger partial charge < -0.3 is 4.74 Å². The maximum atomic E-state index is 13.2. The van der Waals surface area contributed by atoms with Crippen molar-refractivity contribution in [1.82, 2.24) is 0 Å². The summed E-state index contributed by atoms with van der Waals surface area (Å²) >= 11 is 0. The van der Waals surface area contributed by atoms with Crippen LogP contribution >= 0.6 is 0 Å². The molecule has 1 atom stereocenters. The van der Waals surface area contributed by atoms with Crippen molar-refractivity contribution in [2.75, 3.05) is 6.61 Å². The zero-order valence-corrected chi connectivity index (χ0v) is 12.0. The van der Waals surface area contributed by atoms with Crippen molar-refractivity contribution in [3.8, 4) is 0 Å². The van der Waals surface area contributed by atoms with Gasteiger partial charge in [-0.2, -0.15) is 0 Å². The number of carbonyl (C=O) groups excluding carboxylic acids is 1. The Hall–Kier alpha value is -0.510. The summed E-state index contributed by atoms with van der Waals surface area (Å²) < 4.78 is 32.3. The monoisotopic (exact) mass is 286 g/mol. The van der Waals surface area contributed by atoms with Crippen LogP contribution in [0.1, 0.15) is 64.2 Å². The van der Waals surface area contributed by atoms with Gasteiger partial charge >= 0.3 is 0 Å². The molecule has 3 rings (SSSR count). The summed E-state index contributed by atoms with van der Waals surface area (Å²) in [7, 11) is 0. The third-order valence-corrected chi connectivity index (χ3v) is 5.53. The van der Waals surface area contributed by atoms with Gasteiger partial charge in [0.2, 0.25) is 5.92 Å². The predicted molar refractivity (Wildman–Crippen MR) is 71.8 cm³/mol. The van der Waals surface area contributed by atoms with E-state index in [4.69, 9.17) is 4.74 Å². The number of Topliss-reactive ketones (excluding diaryl/α,β-unsaturated/α-hetero) is 1. The molecule has 3 fully saturated rings. The molecule has 0 amide bonds. The number of ether oxygens (including phenoxy) is 1. The quantitative estimate of drug-likeness (QED) is 0.763. The summed E-state index contributed by atoms with van der Waals surface area (Å²) in [5, 5.41) is 0. The van der Waals surface area contributed by atoms with Crippen molar-refractivity contribution in [3.63, 3.8) is 0 Å². The molecule has 3 aliphatic rings. The Labute approximate surface area is 119 Å². The van der Waals surface area contributed by atoms with Crippen LogP contribution in [0.5, 0.6) is 0 Å².